The fraction of sp³-hybridized carbons (Fsp3) is 0.414. The third-order valence-electron chi connectivity index (χ3n) is 7.09. The number of rotatable bonds is 10. The topological polar surface area (TPSA) is 12.9 Å². The molecule has 1 heteroatoms. The lowest BCUT2D eigenvalue weighted by molar-refractivity contribution is 0.0254. The van der Waals surface area contributed by atoms with Crippen LogP contribution in [0.3, 0.4) is 0 Å². The standard InChI is InChI=1S/C29H37N/c1-23(2)29(24(3)4,21-27-16-11-19-30-22-27)28(20-26-14-9-6-10-15-26)18-17-25-12-7-5-8-13-25/h5-16,19,22-24,28H,17-18,20-21H2,1-4H3. The van der Waals surface area contributed by atoms with Crippen molar-refractivity contribution < 1.29 is 0 Å². The van der Waals surface area contributed by atoms with E-state index in [0.717, 1.165) is 19.3 Å². The Bertz CT molecular complexity index is 845. The molecule has 0 amide bonds. The van der Waals surface area contributed by atoms with Crippen molar-refractivity contribution in [2.24, 2.45) is 23.2 Å². The van der Waals surface area contributed by atoms with Gasteiger partial charge in [0, 0.05) is 12.4 Å². The fourth-order valence-corrected chi connectivity index (χ4v) is 5.46. The van der Waals surface area contributed by atoms with Crippen molar-refractivity contribution in [2.45, 2.75) is 53.4 Å². The highest BCUT2D eigenvalue weighted by Gasteiger charge is 2.43. The van der Waals surface area contributed by atoms with E-state index in [2.05, 4.69) is 112 Å². The van der Waals surface area contributed by atoms with Crippen LogP contribution < -0.4 is 0 Å². The van der Waals surface area contributed by atoms with E-state index in [4.69, 9.17) is 0 Å². The molecule has 1 atom stereocenters. The van der Waals surface area contributed by atoms with Crippen molar-refractivity contribution in [3.63, 3.8) is 0 Å². The number of hydrogen-bond acceptors (Lipinski definition) is 1. The van der Waals surface area contributed by atoms with Crippen molar-refractivity contribution in [2.75, 3.05) is 0 Å². The van der Waals surface area contributed by atoms with E-state index < -0.39 is 0 Å². The number of hydrogen-bond donors (Lipinski definition) is 0. The molecule has 3 rings (SSSR count). The van der Waals surface area contributed by atoms with Gasteiger partial charge in [-0.3, -0.25) is 4.98 Å². The van der Waals surface area contributed by atoms with E-state index >= 15 is 0 Å². The van der Waals surface area contributed by atoms with Crippen LogP contribution in [0.15, 0.2) is 85.2 Å². The molecule has 1 unspecified atom stereocenters. The highest BCUT2D eigenvalue weighted by atomic mass is 14.6. The highest BCUT2D eigenvalue weighted by molar-refractivity contribution is 5.20. The smallest absolute Gasteiger partial charge is 0.0300 e. The normalized spacial score (nSPS) is 13.0. The zero-order chi connectivity index (χ0) is 21.4. The van der Waals surface area contributed by atoms with Crippen LogP contribution in [0.5, 0.6) is 0 Å². The van der Waals surface area contributed by atoms with Gasteiger partial charge >= 0.3 is 0 Å². The first-order valence-corrected chi connectivity index (χ1v) is 11.5. The van der Waals surface area contributed by atoms with Gasteiger partial charge in [0.1, 0.15) is 0 Å². The number of benzene rings is 2. The lowest BCUT2D eigenvalue weighted by Crippen LogP contribution is -2.44. The molecule has 0 aliphatic rings. The lowest BCUT2D eigenvalue weighted by Gasteiger charge is -2.48. The third kappa shape index (κ3) is 5.39. The fourth-order valence-electron chi connectivity index (χ4n) is 5.46. The van der Waals surface area contributed by atoms with Crippen LogP contribution in [0.2, 0.25) is 0 Å². The quantitative estimate of drug-likeness (QED) is 0.346. The molecular formula is C29H37N. The first kappa shape index (κ1) is 22.3. The minimum absolute atomic E-state index is 0.216. The lowest BCUT2D eigenvalue weighted by atomic mass is 9.56. The Morgan fingerprint density at radius 2 is 1.27 bits per heavy atom. The van der Waals surface area contributed by atoms with Crippen molar-refractivity contribution in [3.8, 4) is 0 Å². The predicted molar refractivity (Wildman–Crippen MR) is 128 cm³/mol. The van der Waals surface area contributed by atoms with Gasteiger partial charge in [-0.1, -0.05) is 94.4 Å². The molecule has 158 valence electrons. The average molecular weight is 400 g/mol. The maximum Gasteiger partial charge on any atom is 0.0300 e. The summed E-state index contributed by atoms with van der Waals surface area (Å²) < 4.78 is 0. The molecule has 1 heterocycles. The molecule has 0 spiro atoms. The predicted octanol–water partition coefficient (Wildman–Crippen LogP) is 7.41. The van der Waals surface area contributed by atoms with E-state index in [-0.39, 0.29) is 5.41 Å². The molecule has 0 fully saturated rings. The van der Waals surface area contributed by atoms with Crippen LogP contribution in [0.25, 0.3) is 0 Å². The van der Waals surface area contributed by atoms with E-state index in [1.54, 1.807) is 0 Å². The SMILES string of the molecule is CC(C)C(Cc1cccnc1)(C(C)C)C(CCc1ccccc1)Cc1ccccc1. The number of aryl methyl sites for hydroxylation is 1. The first-order chi connectivity index (χ1) is 14.5. The first-order valence-electron chi connectivity index (χ1n) is 11.5. The van der Waals surface area contributed by atoms with Gasteiger partial charge in [0.15, 0.2) is 0 Å². The molecule has 1 nitrogen and oxygen atoms in total. The Morgan fingerprint density at radius 1 is 0.700 bits per heavy atom. The van der Waals surface area contributed by atoms with Crippen LogP contribution in [0.1, 0.15) is 50.8 Å². The van der Waals surface area contributed by atoms with Gasteiger partial charge in [-0.05, 0) is 71.6 Å². The molecule has 1 aromatic heterocycles. The minimum atomic E-state index is 0.216. The van der Waals surface area contributed by atoms with E-state index in [1.165, 1.54) is 23.1 Å². The summed E-state index contributed by atoms with van der Waals surface area (Å²) in [4.78, 5) is 4.42. The molecule has 2 aromatic carbocycles. The van der Waals surface area contributed by atoms with Crippen molar-refractivity contribution in [1.29, 1.82) is 0 Å². The van der Waals surface area contributed by atoms with E-state index in [9.17, 15) is 0 Å². The summed E-state index contributed by atoms with van der Waals surface area (Å²) in [5.74, 6) is 1.77. The summed E-state index contributed by atoms with van der Waals surface area (Å²) in [5, 5.41) is 0. The van der Waals surface area contributed by atoms with Crippen LogP contribution >= 0.6 is 0 Å². The molecule has 3 aromatic rings. The Kier molecular flexibility index (Phi) is 7.85. The second kappa shape index (κ2) is 10.6. The van der Waals surface area contributed by atoms with Gasteiger partial charge in [0.2, 0.25) is 0 Å². The summed E-state index contributed by atoms with van der Waals surface area (Å²) in [7, 11) is 0. The van der Waals surface area contributed by atoms with Crippen LogP contribution in [-0.4, -0.2) is 4.98 Å². The maximum atomic E-state index is 4.42. The molecular weight excluding hydrogens is 362 g/mol. The molecule has 0 radical (unpaired) electrons. The third-order valence-corrected chi connectivity index (χ3v) is 7.09. The molecule has 0 N–H and O–H groups in total. The van der Waals surface area contributed by atoms with Crippen molar-refractivity contribution in [1.82, 2.24) is 4.98 Å². The molecule has 0 aliphatic carbocycles. The molecule has 0 saturated carbocycles. The molecule has 30 heavy (non-hydrogen) atoms. The molecule has 0 aliphatic heterocycles. The highest BCUT2D eigenvalue weighted by Crippen LogP contribution is 2.48. The summed E-state index contributed by atoms with van der Waals surface area (Å²) in [5.41, 5.74) is 4.47. The van der Waals surface area contributed by atoms with Gasteiger partial charge in [-0.2, -0.15) is 0 Å². The monoisotopic (exact) mass is 399 g/mol. The van der Waals surface area contributed by atoms with Gasteiger partial charge < -0.3 is 0 Å². The average Bonchev–Trinajstić information content (AvgIpc) is 2.77. The van der Waals surface area contributed by atoms with Crippen LogP contribution in [0.4, 0.5) is 0 Å². The van der Waals surface area contributed by atoms with Gasteiger partial charge in [-0.15, -0.1) is 0 Å². The van der Waals surface area contributed by atoms with Crippen molar-refractivity contribution in [3.05, 3.63) is 102 Å². The van der Waals surface area contributed by atoms with Gasteiger partial charge in [0.25, 0.3) is 0 Å². The Morgan fingerprint density at radius 3 is 1.80 bits per heavy atom. The van der Waals surface area contributed by atoms with Gasteiger partial charge in [0.05, 0.1) is 0 Å². The molecule has 0 saturated heterocycles. The number of aromatic nitrogens is 1. The summed E-state index contributed by atoms with van der Waals surface area (Å²) in [6, 6.07) is 26.4. The van der Waals surface area contributed by atoms with E-state index in [1.807, 2.05) is 6.20 Å². The summed E-state index contributed by atoms with van der Waals surface area (Å²) in [6.45, 7) is 9.71. The Hall–Kier alpha value is -2.41. The number of nitrogens with zero attached hydrogens (tertiary/aromatic N) is 1. The largest absolute Gasteiger partial charge is 0.264 e. The Balaban J connectivity index is 1.97. The maximum absolute atomic E-state index is 4.42. The number of pyridine rings is 1. The second-order valence-electron chi connectivity index (χ2n) is 9.37. The van der Waals surface area contributed by atoms with E-state index in [0.29, 0.717) is 17.8 Å². The summed E-state index contributed by atoms with van der Waals surface area (Å²) in [6.07, 6.45) is 8.50. The summed E-state index contributed by atoms with van der Waals surface area (Å²) >= 11 is 0. The zero-order valence-corrected chi connectivity index (χ0v) is 19.1. The molecule has 0 bridgehead atoms. The van der Waals surface area contributed by atoms with Crippen LogP contribution in [-0.2, 0) is 19.3 Å². The second-order valence-corrected chi connectivity index (χ2v) is 9.37. The van der Waals surface area contributed by atoms with Crippen LogP contribution in [0, 0.1) is 23.2 Å². The Labute approximate surface area is 183 Å². The zero-order valence-electron chi connectivity index (χ0n) is 19.1. The van der Waals surface area contributed by atoms with Crippen molar-refractivity contribution >= 4 is 0 Å². The minimum Gasteiger partial charge on any atom is -0.264 e. The van der Waals surface area contributed by atoms with Gasteiger partial charge in [-0.25, -0.2) is 0 Å².